The van der Waals surface area contributed by atoms with Gasteiger partial charge in [0.1, 0.15) is 12.1 Å². The molecule has 8 heteroatoms. The molecule has 1 N–H and O–H groups in total. The Kier molecular flexibility index (Phi) is 4.74. The molecule has 0 aliphatic heterocycles. The van der Waals surface area contributed by atoms with E-state index in [2.05, 4.69) is 4.98 Å². The van der Waals surface area contributed by atoms with Crippen LogP contribution in [0.2, 0.25) is 5.02 Å². The number of carboxylic acid groups (broad SMARTS) is 1. The molecule has 1 heterocycles. The SMILES string of the molecule is CN(C)C(=O)Cn1c(SCC(=O)O)nc2c(Cl)cccc21. The average molecular weight is 328 g/mol. The lowest BCUT2D eigenvalue weighted by atomic mass is 10.3. The number of rotatable bonds is 5. The number of aliphatic carboxylic acids is 1. The standard InChI is InChI=1S/C13H14ClN3O3S/c1-16(2)10(18)6-17-9-5-3-4-8(14)12(9)15-13(17)21-7-11(19)20/h3-5H,6-7H2,1-2H3,(H,19,20). The molecule has 2 rings (SSSR count). The number of nitrogens with zero attached hydrogens (tertiary/aromatic N) is 3. The van der Waals surface area contributed by atoms with Crippen LogP contribution in [0.1, 0.15) is 0 Å². The Morgan fingerprint density at radius 1 is 1.43 bits per heavy atom. The smallest absolute Gasteiger partial charge is 0.313 e. The summed E-state index contributed by atoms with van der Waals surface area (Å²) in [6.45, 7) is 0.0891. The number of thioether (sulfide) groups is 1. The van der Waals surface area contributed by atoms with Gasteiger partial charge in [-0.2, -0.15) is 0 Å². The number of hydrogen-bond donors (Lipinski definition) is 1. The lowest BCUT2D eigenvalue weighted by molar-refractivity contribution is -0.134. The molecule has 0 radical (unpaired) electrons. The third-order valence-electron chi connectivity index (χ3n) is 2.81. The van der Waals surface area contributed by atoms with E-state index in [-0.39, 0.29) is 18.2 Å². The van der Waals surface area contributed by atoms with Crippen LogP contribution < -0.4 is 0 Å². The van der Waals surface area contributed by atoms with E-state index in [9.17, 15) is 9.59 Å². The predicted octanol–water partition coefficient (Wildman–Crippen LogP) is 1.95. The van der Waals surface area contributed by atoms with Crippen molar-refractivity contribution in [2.75, 3.05) is 19.8 Å². The number of imidazole rings is 1. The summed E-state index contributed by atoms with van der Waals surface area (Å²) in [5, 5.41) is 9.75. The van der Waals surface area contributed by atoms with E-state index in [0.29, 0.717) is 21.2 Å². The van der Waals surface area contributed by atoms with Gasteiger partial charge in [0.05, 0.1) is 16.3 Å². The minimum absolute atomic E-state index is 0.0891. The molecule has 21 heavy (non-hydrogen) atoms. The zero-order valence-electron chi connectivity index (χ0n) is 11.5. The van der Waals surface area contributed by atoms with Crippen molar-refractivity contribution in [3.8, 4) is 0 Å². The summed E-state index contributed by atoms with van der Waals surface area (Å²) in [4.78, 5) is 28.5. The number of carbonyl (C=O) groups is 2. The Morgan fingerprint density at radius 3 is 2.76 bits per heavy atom. The van der Waals surface area contributed by atoms with Gasteiger partial charge in [-0.3, -0.25) is 9.59 Å². The van der Waals surface area contributed by atoms with E-state index in [0.717, 1.165) is 11.8 Å². The zero-order valence-corrected chi connectivity index (χ0v) is 13.1. The summed E-state index contributed by atoms with van der Waals surface area (Å²) >= 11 is 7.17. The van der Waals surface area contributed by atoms with Gasteiger partial charge in [0.2, 0.25) is 5.91 Å². The third-order valence-corrected chi connectivity index (χ3v) is 4.08. The fourth-order valence-electron chi connectivity index (χ4n) is 1.76. The number of carbonyl (C=O) groups excluding carboxylic acids is 1. The van der Waals surface area contributed by atoms with Crippen molar-refractivity contribution in [3.05, 3.63) is 23.2 Å². The summed E-state index contributed by atoms with van der Waals surface area (Å²) in [7, 11) is 3.33. The summed E-state index contributed by atoms with van der Waals surface area (Å²) in [5.41, 5.74) is 1.28. The Morgan fingerprint density at radius 2 is 2.14 bits per heavy atom. The molecule has 1 amide bonds. The highest BCUT2D eigenvalue weighted by molar-refractivity contribution is 7.99. The molecule has 0 saturated carbocycles. The number of hydrogen-bond acceptors (Lipinski definition) is 4. The molecule has 6 nitrogen and oxygen atoms in total. The molecule has 1 aromatic carbocycles. The largest absolute Gasteiger partial charge is 0.481 e. The van der Waals surface area contributed by atoms with E-state index < -0.39 is 5.97 Å². The second-order valence-corrected chi connectivity index (χ2v) is 5.91. The van der Waals surface area contributed by atoms with Crippen molar-refractivity contribution in [2.24, 2.45) is 0 Å². The monoisotopic (exact) mass is 327 g/mol. The maximum atomic E-state index is 11.9. The number of aromatic nitrogens is 2. The van der Waals surface area contributed by atoms with Crippen LogP contribution in [0.25, 0.3) is 11.0 Å². The van der Waals surface area contributed by atoms with Crippen LogP contribution in [0.5, 0.6) is 0 Å². The van der Waals surface area contributed by atoms with Crippen molar-refractivity contribution in [1.29, 1.82) is 0 Å². The lowest BCUT2D eigenvalue weighted by Crippen LogP contribution is -2.26. The fraction of sp³-hybridized carbons (Fsp3) is 0.308. The third kappa shape index (κ3) is 3.48. The number of amides is 1. The fourth-order valence-corrected chi connectivity index (χ4v) is 2.70. The second kappa shape index (κ2) is 6.36. The number of carboxylic acids is 1. The van der Waals surface area contributed by atoms with E-state index in [1.165, 1.54) is 4.90 Å². The van der Waals surface area contributed by atoms with Crippen molar-refractivity contribution in [1.82, 2.24) is 14.5 Å². The number of para-hydroxylation sites is 1. The highest BCUT2D eigenvalue weighted by atomic mass is 35.5. The minimum Gasteiger partial charge on any atom is -0.481 e. The Bertz CT molecular complexity index is 699. The van der Waals surface area contributed by atoms with E-state index >= 15 is 0 Å². The van der Waals surface area contributed by atoms with Crippen LogP contribution in [0, 0.1) is 0 Å². The molecule has 0 fully saturated rings. The zero-order chi connectivity index (χ0) is 15.6. The molecule has 2 aromatic rings. The first-order valence-corrected chi connectivity index (χ1v) is 7.46. The summed E-state index contributed by atoms with van der Waals surface area (Å²) < 4.78 is 1.69. The van der Waals surface area contributed by atoms with Gasteiger partial charge in [-0.15, -0.1) is 0 Å². The van der Waals surface area contributed by atoms with Gasteiger partial charge >= 0.3 is 5.97 Å². The summed E-state index contributed by atoms with van der Waals surface area (Å²) in [6, 6.07) is 5.29. The number of likely N-dealkylation sites (N-methyl/N-ethyl adjacent to an activating group) is 1. The first-order chi connectivity index (χ1) is 9.90. The van der Waals surface area contributed by atoms with Gasteiger partial charge in [-0.05, 0) is 12.1 Å². The molecule has 112 valence electrons. The van der Waals surface area contributed by atoms with Gasteiger partial charge in [-0.25, -0.2) is 4.98 Å². The summed E-state index contributed by atoms with van der Waals surface area (Å²) in [5.74, 6) is -1.17. The molecule has 0 saturated heterocycles. The topological polar surface area (TPSA) is 75.4 Å². The molecule has 0 unspecified atom stereocenters. The van der Waals surface area contributed by atoms with Crippen LogP contribution >= 0.6 is 23.4 Å². The van der Waals surface area contributed by atoms with Crippen molar-refractivity contribution in [2.45, 2.75) is 11.7 Å². The first kappa shape index (κ1) is 15.7. The molecular weight excluding hydrogens is 314 g/mol. The van der Waals surface area contributed by atoms with Crippen LogP contribution in [-0.4, -0.2) is 51.3 Å². The van der Waals surface area contributed by atoms with Crippen molar-refractivity contribution >= 4 is 46.3 Å². The Hall–Kier alpha value is -1.73. The van der Waals surface area contributed by atoms with Crippen molar-refractivity contribution in [3.63, 3.8) is 0 Å². The van der Waals surface area contributed by atoms with E-state index in [4.69, 9.17) is 16.7 Å². The van der Waals surface area contributed by atoms with Gasteiger partial charge in [0.25, 0.3) is 0 Å². The predicted molar refractivity (Wildman–Crippen MR) is 81.8 cm³/mol. The van der Waals surface area contributed by atoms with Gasteiger partial charge in [0, 0.05) is 14.1 Å². The highest BCUT2D eigenvalue weighted by Gasteiger charge is 2.17. The van der Waals surface area contributed by atoms with Gasteiger partial charge in [-0.1, -0.05) is 29.4 Å². The molecular formula is C13H14ClN3O3S. The molecule has 0 atom stereocenters. The number of halogens is 1. The van der Waals surface area contributed by atoms with Gasteiger partial charge < -0.3 is 14.6 Å². The summed E-state index contributed by atoms with van der Waals surface area (Å²) in [6.07, 6.45) is 0. The van der Waals surface area contributed by atoms with Crippen molar-refractivity contribution < 1.29 is 14.7 Å². The molecule has 0 aliphatic rings. The van der Waals surface area contributed by atoms with Crippen LogP contribution in [-0.2, 0) is 16.1 Å². The Balaban J connectivity index is 2.47. The van der Waals surface area contributed by atoms with Crippen LogP contribution in [0.15, 0.2) is 23.4 Å². The minimum atomic E-state index is -0.941. The maximum Gasteiger partial charge on any atom is 0.313 e. The average Bonchev–Trinajstić information content (AvgIpc) is 2.76. The van der Waals surface area contributed by atoms with Crippen LogP contribution in [0.3, 0.4) is 0 Å². The lowest BCUT2D eigenvalue weighted by Gasteiger charge is -2.13. The second-order valence-electron chi connectivity index (χ2n) is 4.56. The first-order valence-electron chi connectivity index (χ1n) is 6.09. The quantitative estimate of drug-likeness (QED) is 0.850. The molecule has 1 aromatic heterocycles. The number of fused-ring (bicyclic) bond motifs is 1. The molecule has 0 aliphatic carbocycles. The van der Waals surface area contributed by atoms with E-state index in [1.54, 1.807) is 30.8 Å². The van der Waals surface area contributed by atoms with Gasteiger partial charge in [0.15, 0.2) is 5.16 Å². The highest BCUT2D eigenvalue weighted by Crippen LogP contribution is 2.28. The van der Waals surface area contributed by atoms with Crippen LogP contribution in [0.4, 0.5) is 0 Å². The molecule has 0 spiro atoms. The number of benzene rings is 1. The van der Waals surface area contributed by atoms with E-state index in [1.807, 2.05) is 6.07 Å². The molecule has 0 bridgehead atoms. The normalized spacial score (nSPS) is 10.8. The Labute approximate surface area is 130 Å². The maximum absolute atomic E-state index is 11.9.